The Labute approximate surface area is 117 Å². The number of hydrogen-bond donors (Lipinski definition) is 1. The van der Waals surface area contributed by atoms with Crippen LogP contribution in [0.3, 0.4) is 0 Å². The first-order valence-corrected chi connectivity index (χ1v) is 7.99. The van der Waals surface area contributed by atoms with E-state index in [1.165, 1.54) is 51.6 Å². The number of hydrogen-bond acceptors (Lipinski definition) is 2. The van der Waals surface area contributed by atoms with E-state index >= 15 is 0 Å². The second kappa shape index (κ2) is 7.29. The molecule has 0 atom stereocenters. The highest BCUT2D eigenvalue weighted by Gasteiger charge is 2.26. The molecule has 2 aliphatic rings. The molecule has 0 radical (unpaired) electrons. The molecule has 2 fully saturated rings. The minimum absolute atomic E-state index is 0.869. The minimum Gasteiger partial charge on any atom is -0.363 e. The largest absolute Gasteiger partial charge is 0.363 e. The Hall–Kier alpha value is -0.350. The molecule has 1 saturated carbocycles. The van der Waals surface area contributed by atoms with Crippen molar-refractivity contribution in [2.24, 2.45) is 0 Å². The summed E-state index contributed by atoms with van der Waals surface area (Å²) < 4.78 is 0. The van der Waals surface area contributed by atoms with Gasteiger partial charge in [-0.1, -0.05) is 26.2 Å². The predicted molar refractivity (Wildman–Crippen MR) is 80.9 cm³/mol. The molecular formula is C14H27N3S. The molecule has 0 amide bonds. The summed E-state index contributed by atoms with van der Waals surface area (Å²) in [6, 6.07) is 0.869. The van der Waals surface area contributed by atoms with Gasteiger partial charge in [0.05, 0.1) is 0 Å². The molecule has 0 aromatic heterocycles. The van der Waals surface area contributed by atoms with Gasteiger partial charge in [-0.05, 0) is 31.5 Å². The van der Waals surface area contributed by atoms with Crippen molar-refractivity contribution in [3.05, 3.63) is 0 Å². The molecule has 0 bridgehead atoms. The van der Waals surface area contributed by atoms with Gasteiger partial charge in [0.25, 0.3) is 0 Å². The predicted octanol–water partition coefficient (Wildman–Crippen LogP) is 2.22. The fraction of sp³-hybridized carbons (Fsp3) is 0.929. The zero-order valence-corrected chi connectivity index (χ0v) is 12.5. The molecule has 0 aromatic rings. The maximum Gasteiger partial charge on any atom is 0.169 e. The fourth-order valence-corrected chi connectivity index (χ4v) is 3.33. The van der Waals surface area contributed by atoms with Crippen LogP contribution in [0.5, 0.6) is 0 Å². The first-order valence-electron chi connectivity index (χ1n) is 7.58. The maximum atomic E-state index is 5.46. The van der Waals surface area contributed by atoms with Gasteiger partial charge in [-0.15, -0.1) is 0 Å². The van der Waals surface area contributed by atoms with Crippen LogP contribution in [0.15, 0.2) is 0 Å². The Bertz CT molecular complexity index is 256. The van der Waals surface area contributed by atoms with Crippen LogP contribution < -0.4 is 5.32 Å². The summed E-state index contributed by atoms with van der Waals surface area (Å²) in [5, 5.41) is 4.34. The SMILES string of the molecule is CCCCNC(=S)N1CCN(C2CCCC2)CC1. The van der Waals surface area contributed by atoms with Crippen LogP contribution in [0.2, 0.25) is 0 Å². The van der Waals surface area contributed by atoms with Crippen LogP contribution in [0.25, 0.3) is 0 Å². The average Bonchev–Trinajstić information content (AvgIpc) is 2.93. The molecule has 1 saturated heterocycles. The molecular weight excluding hydrogens is 242 g/mol. The second-order valence-corrected chi connectivity index (χ2v) is 5.93. The monoisotopic (exact) mass is 269 g/mol. The Morgan fingerprint density at radius 1 is 1.17 bits per heavy atom. The van der Waals surface area contributed by atoms with Crippen molar-refractivity contribution in [2.75, 3.05) is 32.7 Å². The average molecular weight is 269 g/mol. The quantitative estimate of drug-likeness (QED) is 0.623. The first-order chi connectivity index (χ1) is 8.81. The van der Waals surface area contributed by atoms with Crippen LogP contribution in [-0.2, 0) is 0 Å². The number of piperazine rings is 1. The number of rotatable bonds is 4. The van der Waals surface area contributed by atoms with Crippen LogP contribution in [-0.4, -0.2) is 53.7 Å². The van der Waals surface area contributed by atoms with Crippen LogP contribution in [0.4, 0.5) is 0 Å². The van der Waals surface area contributed by atoms with Crippen molar-refractivity contribution < 1.29 is 0 Å². The summed E-state index contributed by atoms with van der Waals surface area (Å²) in [5.74, 6) is 0. The van der Waals surface area contributed by atoms with E-state index in [1.807, 2.05) is 0 Å². The van der Waals surface area contributed by atoms with Gasteiger partial charge >= 0.3 is 0 Å². The summed E-state index contributed by atoms with van der Waals surface area (Å²) in [5.41, 5.74) is 0. The topological polar surface area (TPSA) is 18.5 Å². The standard InChI is InChI=1S/C14H27N3S/c1-2-3-8-15-14(18)17-11-9-16(10-12-17)13-6-4-5-7-13/h13H,2-12H2,1H3,(H,15,18). The molecule has 1 aliphatic carbocycles. The van der Waals surface area contributed by atoms with E-state index in [0.29, 0.717) is 0 Å². The van der Waals surface area contributed by atoms with Gasteiger partial charge in [-0.25, -0.2) is 0 Å². The van der Waals surface area contributed by atoms with Gasteiger partial charge in [0, 0.05) is 38.8 Å². The fourth-order valence-electron chi connectivity index (χ4n) is 3.04. The Kier molecular flexibility index (Phi) is 5.70. The van der Waals surface area contributed by atoms with Crippen molar-refractivity contribution >= 4 is 17.3 Å². The maximum absolute atomic E-state index is 5.46. The molecule has 2 rings (SSSR count). The van der Waals surface area contributed by atoms with E-state index in [2.05, 4.69) is 22.0 Å². The summed E-state index contributed by atoms with van der Waals surface area (Å²) >= 11 is 5.46. The van der Waals surface area contributed by atoms with Crippen molar-refractivity contribution in [1.82, 2.24) is 15.1 Å². The van der Waals surface area contributed by atoms with Crippen molar-refractivity contribution in [3.8, 4) is 0 Å². The summed E-state index contributed by atoms with van der Waals surface area (Å²) in [4.78, 5) is 5.02. The summed E-state index contributed by atoms with van der Waals surface area (Å²) in [7, 11) is 0. The van der Waals surface area contributed by atoms with E-state index < -0.39 is 0 Å². The van der Waals surface area contributed by atoms with Gasteiger partial charge in [-0.2, -0.15) is 0 Å². The van der Waals surface area contributed by atoms with Crippen LogP contribution in [0, 0.1) is 0 Å². The lowest BCUT2D eigenvalue weighted by molar-refractivity contribution is 0.133. The van der Waals surface area contributed by atoms with Gasteiger partial charge < -0.3 is 10.2 Å². The smallest absolute Gasteiger partial charge is 0.169 e. The van der Waals surface area contributed by atoms with E-state index in [0.717, 1.165) is 30.8 Å². The number of unbranched alkanes of at least 4 members (excludes halogenated alkanes) is 1. The van der Waals surface area contributed by atoms with Crippen molar-refractivity contribution in [1.29, 1.82) is 0 Å². The Balaban J connectivity index is 1.67. The normalized spacial score (nSPS) is 22.4. The van der Waals surface area contributed by atoms with Gasteiger partial charge in [0.1, 0.15) is 0 Å². The first kappa shape index (κ1) is 14.1. The minimum atomic E-state index is 0.869. The molecule has 1 heterocycles. The molecule has 18 heavy (non-hydrogen) atoms. The third-order valence-electron chi connectivity index (χ3n) is 4.25. The lowest BCUT2D eigenvalue weighted by Gasteiger charge is -2.39. The lowest BCUT2D eigenvalue weighted by atomic mass is 10.2. The number of nitrogens with one attached hydrogen (secondary N) is 1. The van der Waals surface area contributed by atoms with Crippen molar-refractivity contribution in [2.45, 2.75) is 51.5 Å². The van der Waals surface area contributed by atoms with E-state index in [-0.39, 0.29) is 0 Å². The highest BCUT2D eigenvalue weighted by molar-refractivity contribution is 7.80. The van der Waals surface area contributed by atoms with Crippen molar-refractivity contribution in [3.63, 3.8) is 0 Å². The zero-order valence-electron chi connectivity index (χ0n) is 11.7. The molecule has 1 N–H and O–H groups in total. The Morgan fingerprint density at radius 3 is 2.44 bits per heavy atom. The highest BCUT2D eigenvalue weighted by Crippen LogP contribution is 2.24. The van der Waals surface area contributed by atoms with Crippen LogP contribution >= 0.6 is 12.2 Å². The third kappa shape index (κ3) is 3.82. The third-order valence-corrected chi connectivity index (χ3v) is 4.65. The van der Waals surface area contributed by atoms with E-state index in [9.17, 15) is 0 Å². The van der Waals surface area contributed by atoms with E-state index in [4.69, 9.17) is 12.2 Å². The Morgan fingerprint density at radius 2 is 1.83 bits per heavy atom. The molecule has 4 heteroatoms. The molecule has 1 aliphatic heterocycles. The molecule has 104 valence electrons. The van der Waals surface area contributed by atoms with Crippen LogP contribution in [0.1, 0.15) is 45.4 Å². The van der Waals surface area contributed by atoms with Gasteiger partial charge in [-0.3, -0.25) is 4.90 Å². The number of thiocarbonyl (C=S) groups is 1. The molecule has 0 aromatic carbocycles. The number of nitrogens with zero attached hydrogens (tertiary/aromatic N) is 2. The molecule has 0 unspecified atom stereocenters. The zero-order chi connectivity index (χ0) is 12.8. The molecule has 0 spiro atoms. The van der Waals surface area contributed by atoms with Gasteiger partial charge in [0.15, 0.2) is 5.11 Å². The molecule has 3 nitrogen and oxygen atoms in total. The lowest BCUT2D eigenvalue weighted by Crippen LogP contribution is -2.53. The highest BCUT2D eigenvalue weighted by atomic mass is 32.1. The summed E-state index contributed by atoms with van der Waals surface area (Å²) in [6.07, 6.45) is 8.13. The summed E-state index contributed by atoms with van der Waals surface area (Å²) in [6.45, 7) is 7.84. The van der Waals surface area contributed by atoms with Gasteiger partial charge in [0.2, 0.25) is 0 Å². The van der Waals surface area contributed by atoms with E-state index in [1.54, 1.807) is 0 Å². The second-order valence-electron chi connectivity index (χ2n) is 5.55.